The molecule has 0 bridgehead atoms. The first-order valence-electron chi connectivity index (χ1n) is 5.81. The molecule has 14 heavy (non-hydrogen) atoms. The van der Waals surface area contributed by atoms with E-state index in [0.717, 1.165) is 38.4 Å². The predicted molar refractivity (Wildman–Crippen MR) is 56.0 cm³/mol. The first-order valence-corrected chi connectivity index (χ1v) is 5.81. The molecule has 1 aliphatic heterocycles. The number of carbonyl (C=O) groups excluding carboxylic acids is 1. The Labute approximate surface area is 85.8 Å². The van der Waals surface area contributed by atoms with Crippen molar-refractivity contribution in [2.45, 2.75) is 38.6 Å². The van der Waals surface area contributed by atoms with Crippen LogP contribution in [0.15, 0.2) is 0 Å². The largest absolute Gasteiger partial charge is 0.337 e. The van der Waals surface area contributed by atoms with Gasteiger partial charge in [0.05, 0.1) is 6.04 Å². The highest BCUT2D eigenvalue weighted by Crippen LogP contribution is 2.33. The Kier molecular flexibility index (Phi) is 3.06. The molecule has 0 unspecified atom stereocenters. The van der Waals surface area contributed by atoms with Gasteiger partial charge in [-0.1, -0.05) is 6.92 Å². The lowest BCUT2D eigenvalue weighted by atomic mass is 10.1. The summed E-state index contributed by atoms with van der Waals surface area (Å²) in [7, 11) is 0. The number of nitrogens with zero attached hydrogens (tertiary/aromatic N) is 1. The van der Waals surface area contributed by atoms with Gasteiger partial charge in [0, 0.05) is 26.1 Å². The molecule has 1 amide bonds. The SMILES string of the molecule is CCCN(C(=O)CC1CC1)C1CNC1. The fourth-order valence-electron chi connectivity index (χ4n) is 1.93. The van der Waals surface area contributed by atoms with E-state index in [4.69, 9.17) is 0 Å². The molecule has 2 aliphatic rings. The molecular weight excluding hydrogens is 176 g/mol. The molecule has 1 aliphatic carbocycles. The topological polar surface area (TPSA) is 32.3 Å². The van der Waals surface area contributed by atoms with E-state index in [-0.39, 0.29) is 0 Å². The maximum absolute atomic E-state index is 11.9. The molecule has 0 radical (unpaired) electrons. The molecule has 0 aromatic heterocycles. The first-order chi connectivity index (χ1) is 6.81. The predicted octanol–water partition coefficient (Wildman–Crippen LogP) is 0.997. The van der Waals surface area contributed by atoms with Crippen LogP contribution in [0.4, 0.5) is 0 Å². The molecule has 1 heterocycles. The Morgan fingerprint density at radius 1 is 1.43 bits per heavy atom. The summed E-state index contributed by atoms with van der Waals surface area (Å²) < 4.78 is 0. The lowest BCUT2D eigenvalue weighted by Crippen LogP contribution is -2.59. The van der Waals surface area contributed by atoms with Crippen LogP contribution in [0.1, 0.15) is 32.6 Å². The van der Waals surface area contributed by atoms with Crippen LogP contribution in [-0.4, -0.2) is 36.5 Å². The molecule has 0 aromatic carbocycles. The van der Waals surface area contributed by atoms with E-state index in [2.05, 4.69) is 17.1 Å². The zero-order chi connectivity index (χ0) is 9.97. The van der Waals surface area contributed by atoms with Gasteiger partial charge in [-0.25, -0.2) is 0 Å². The molecule has 2 fully saturated rings. The first kappa shape index (κ1) is 9.97. The summed E-state index contributed by atoms with van der Waals surface area (Å²) in [6, 6.07) is 0.487. The Bertz CT molecular complexity index is 209. The molecular formula is C11H20N2O. The molecule has 0 spiro atoms. The van der Waals surface area contributed by atoms with Crippen molar-refractivity contribution in [1.82, 2.24) is 10.2 Å². The van der Waals surface area contributed by atoms with Gasteiger partial charge in [0.25, 0.3) is 0 Å². The van der Waals surface area contributed by atoms with Crippen molar-refractivity contribution in [2.24, 2.45) is 5.92 Å². The van der Waals surface area contributed by atoms with Crippen molar-refractivity contribution >= 4 is 5.91 Å². The lowest BCUT2D eigenvalue weighted by molar-refractivity contribution is -0.135. The molecule has 1 N–H and O–H groups in total. The zero-order valence-corrected chi connectivity index (χ0v) is 8.96. The average molecular weight is 196 g/mol. The minimum absolute atomic E-state index is 0.390. The van der Waals surface area contributed by atoms with E-state index in [1.54, 1.807) is 0 Å². The van der Waals surface area contributed by atoms with Gasteiger partial charge in [0.15, 0.2) is 0 Å². The van der Waals surface area contributed by atoms with Crippen molar-refractivity contribution in [3.63, 3.8) is 0 Å². The molecule has 0 aromatic rings. The van der Waals surface area contributed by atoms with Crippen LogP contribution in [0.25, 0.3) is 0 Å². The van der Waals surface area contributed by atoms with E-state index in [1.807, 2.05) is 0 Å². The third-order valence-electron chi connectivity index (χ3n) is 3.15. The average Bonchev–Trinajstić information content (AvgIpc) is 2.84. The molecule has 0 atom stereocenters. The summed E-state index contributed by atoms with van der Waals surface area (Å²) in [5.74, 6) is 1.11. The third kappa shape index (κ3) is 2.27. The van der Waals surface area contributed by atoms with Crippen molar-refractivity contribution < 1.29 is 4.79 Å². The second-order valence-corrected chi connectivity index (χ2v) is 4.55. The molecule has 1 saturated carbocycles. The highest BCUT2D eigenvalue weighted by molar-refractivity contribution is 5.77. The number of rotatable bonds is 5. The summed E-state index contributed by atoms with van der Waals surface area (Å²) in [6.07, 6.45) is 4.42. The van der Waals surface area contributed by atoms with Crippen LogP contribution in [0, 0.1) is 5.92 Å². The lowest BCUT2D eigenvalue weighted by Gasteiger charge is -2.38. The van der Waals surface area contributed by atoms with Crippen molar-refractivity contribution in [2.75, 3.05) is 19.6 Å². The van der Waals surface area contributed by atoms with Crippen LogP contribution in [0.2, 0.25) is 0 Å². The van der Waals surface area contributed by atoms with Gasteiger partial charge in [-0.15, -0.1) is 0 Å². The standard InChI is InChI=1S/C11H20N2O/c1-2-5-13(10-7-12-8-10)11(14)6-9-3-4-9/h9-10,12H,2-8H2,1H3. The Morgan fingerprint density at radius 2 is 2.14 bits per heavy atom. The van der Waals surface area contributed by atoms with Crippen molar-refractivity contribution in [3.05, 3.63) is 0 Å². The van der Waals surface area contributed by atoms with Crippen LogP contribution in [0.3, 0.4) is 0 Å². The van der Waals surface area contributed by atoms with Gasteiger partial charge in [-0.3, -0.25) is 4.79 Å². The third-order valence-corrected chi connectivity index (χ3v) is 3.15. The van der Waals surface area contributed by atoms with Crippen LogP contribution in [-0.2, 0) is 4.79 Å². The quantitative estimate of drug-likeness (QED) is 0.711. The number of hydrogen-bond acceptors (Lipinski definition) is 2. The Morgan fingerprint density at radius 3 is 2.57 bits per heavy atom. The minimum atomic E-state index is 0.390. The summed E-state index contributed by atoms with van der Waals surface area (Å²) in [4.78, 5) is 14.0. The summed E-state index contributed by atoms with van der Waals surface area (Å²) in [5, 5.41) is 3.23. The van der Waals surface area contributed by atoms with E-state index in [1.165, 1.54) is 12.8 Å². The van der Waals surface area contributed by atoms with E-state index < -0.39 is 0 Å². The van der Waals surface area contributed by atoms with Gasteiger partial charge >= 0.3 is 0 Å². The number of amides is 1. The molecule has 80 valence electrons. The summed E-state index contributed by atoms with van der Waals surface area (Å²) in [5.41, 5.74) is 0. The highest BCUT2D eigenvalue weighted by Gasteiger charge is 2.31. The monoisotopic (exact) mass is 196 g/mol. The van der Waals surface area contributed by atoms with E-state index in [9.17, 15) is 4.79 Å². The Hall–Kier alpha value is -0.570. The van der Waals surface area contributed by atoms with Crippen LogP contribution >= 0.6 is 0 Å². The van der Waals surface area contributed by atoms with Crippen molar-refractivity contribution in [1.29, 1.82) is 0 Å². The maximum Gasteiger partial charge on any atom is 0.223 e. The highest BCUT2D eigenvalue weighted by atomic mass is 16.2. The second-order valence-electron chi connectivity index (χ2n) is 4.55. The summed E-state index contributed by atoms with van der Waals surface area (Å²) in [6.45, 7) is 5.08. The normalized spacial score (nSPS) is 21.8. The Balaban J connectivity index is 1.83. The van der Waals surface area contributed by atoms with Crippen molar-refractivity contribution in [3.8, 4) is 0 Å². The smallest absolute Gasteiger partial charge is 0.223 e. The molecule has 1 saturated heterocycles. The van der Waals surface area contributed by atoms with Gasteiger partial charge < -0.3 is 10.2 Å². The fourth-order valence-corrected chi connectivity index (χ4v) is 1.93. The molecule has 3 nitrogen and oxygen atoms in total. The number of nitrogens with one attached hydrogen (secondary N) is 1. The second kappa shape index (κ2) is 4.30. The van der Waals surface area contributed by atoms with E-state index >= 15 is 0 Å². The van der Waals surface area contributed by atoms with E-state index in [0.29, 0.717) is 11.9 Å². The number of hydrogen-bond donors (Lipinski definition) is 1. The van der Waals surface area contributed by atoms with Crippen LogP contribution < -0.4 is 5.32 Å². The van der Waals surface area contributed by atoms with Crippen LogP contribution in [0.5, 0.6) is 0 Å². The van der Waals surface area contributed by atoms with Gasteiger partial charge in [0.1, 0.15) is 0 Å². The van der Waals surface area contributed by atoms with Gasteiger partial charge in [-0.05, 0) is 25.2 Å². The molecule has 2 rings (SSSR count). The van der Waals surface area contributed by atoms with Gasteiger partial charge in [0.2, 0.25) is 5.91 Å². The summed E-state index contributed by atoms with van der Waals surface area (Å²) >= 11 is 0. The van der Waals surface area contributed by atoms with Gasteiger partial charge in [-0.2, -0.15) is 0 Å². The zero-order valence-electron chi connectivity index (χ0n) is 8.96. The molecule has 3 heteroatoms. The number of carbonyl (C=O) groups is 1. The minimum Gasteiger partial charge on any atom is -0.337 e. The maximum atomic E-state index is 11.9. The fraction of sp³-hybridized carbons (Fsp3) is 0.909.